The number of ether oxygens (including phenoxy) is 1. The second kappa shape index (κ2) is 8.34. The summed E-state index contributed by atoms with van der Waals surface area (Å²) in [5, 5.41) is 7.34. The molecule has 0 fully saturated rings. The van der Waals surface area contributed by atoms with Gasteiger partial charge >= 0.3 is 0 Å². The minimum atomic E-state index is -0.196. The number of nitrogens with one attached hydrogen (secondary N) is 2. The van der Waals surface area contributed by atoms with Crippen LogP contribution < -0.4 is 15.5 Å². The molecule has 0 saturated heterocycles. The minimum Gasteiger partial charge on any atom is -0.495 e. The molecule has 1 amide bonds. The zero-order chi connectivity index (χ0) is 17.5. The Morgan fingerprint density at radius 1 is 1.42 bits per heavy atom. The van der Waals surface area contributed by atoms with Crippen molar-refractivity contribution in [2.24, 2.45) is 11.0 Å². The predicted octanol–water partition coefficient (Wildman–Crippen LogP) is 3.51. The van der Waals surface area contributed by atoms with Crippen LogP contribution in [0.15, 0.2) is 53.2 Å². The first-order valence-electron chi connectivity index (χ1n) is 8.06. The molecule has 0 bridgehead atoms. The quantitative estimate of drug-likeness (QED) is 0.621. The van der Waals surface area contributed by atoms with E-state index in [4.69, 9.17) is 4.74 Å². The number of benzene rings is 1. The minimum absolute atomic E-state index is 0.129. The van der Waals surface area contributed by atoms with Crippen LogP contribution >= 0.6 is 0 Å². The number of carbonyl (C=O) groups is 1. The first-order chi connectivity index (χ1) is 11.5. The normalized spacial score (nSPS) is 18.7. The summed E-state index contributed by atoms with van der Waals surface area (Å²) in [7, 11) is 1.60. The summed E-state index contributed by atoms with van der Waals surface area (Å²) in [5.74, 6) is 0.904. The third kappa shape index (κ3) is 4.72. The third-order valence-corrected chi connectivity index (χ3v) is 4.16. The maximum atomic E-state index is 12.0. The van der Waals surface area contributed by atoms with E-state index in [0.29, 0.717) is 11.7 Å². The number of nitrogens with zero attached hydrogens (tertiary/aromatic N) is 1. The number of methoxy groups -OCH3 is 1. The lowest BCUT2D eigenvalue weighted by Crippen LogP contribution is -2.28. The summed E-state index contributed by atoms with van der Waals surface area (Å²) in [6.45, 7) is 8.20. The molecule has 1 atom stereocenters. The van der Waals surface area contributed by atoms with Crippen molar-refractivity contribution in [3.63, 3.8) is 0 Å². The standard InChI is InChI=1S/C19H25N3O2/c1-13(2)15-10-9-14(3)17(11-15)21-22-19(23)12-20-16-7-5-6-8-18(16)24-4/h5-9,15,20H,1,10-12H2,2-4H3,(H,22,23)/b21-17-/t15-/m1/s1. The molecule has 1 aromatic carbocycles. The number of allylic oxidation sites excluding steroid dienone is 3. The largest absolute Gasteiger partial charge is 0.495 e. The molecule has 5 nitrogen and oxygen atoms in total. The highest BCUT2D eigenvalue weighted by Crippen LogP contribution is 2.26. The van der Waals surface area contributed by atoms with Crippen molar-refractivity contribution in [3.8, 4) is 5.75 Å². The van der Waals surface area contributed by atoms with Crippen molar-refractivity contribution in [1.29, 1.82) is 0 Å². The molecule has 24 heavy (non-hydrogen) atoms. The summed E-state index contributed by atoms with van der Waals surface area (Å²) < 4.78 is 5.24. The van der Waals surface area contributed by atoms with Crippen LogP contribution in [0.25, 0.3) is 0 Å². The second-order valence-electron chi connectivity index (χ2n) is 6.02. The number of hydrogen-bond acceptors (Lipinski definition) is 4. The SMILES string of the molecule is C=C(C)[C@@H]1CC=C(C)/C(=N\NC(=O)CNc2ccccc2OC)C1. The second-order valence-corrected chi connectivity index (χ2v) is 6.02. The Morgan fingerprint density at radius 3 is 2.88 bits per heavy atom. The summed E-state index contributed by atoms with van der Waals surface area (Å²) in [4.78, 5) is 12.0. The number of hydrogen-bond donors (Lipinski definition) is 2. The van der Waals surface area contributed by atoms with E-state index < -0.39 is 0 Å². The van der Waals surface area contributed by atoms with Crippen molar-refractivity contribution in [2.75, 3.05) is 19.0 Å². The van der Waals surface area contributed by atoms with Gasteiger partial charge in [-0.15, -0.1) is 0 Å². The fourth-order valence-electron chi connectivity index (χ4n) is 2.56. The molecule has 1 aliphatic rings. The first kappa shape index (κ1) is 17.8. The van der Waals surface area contributed by atoms with Crippen LogP contribution in [0.1, 0.15) is 26.7 Å². The molecule has 0 aromatic heterocycles. The number of hydrazone groups is 1. The zero-order valence-corrected chi connectivity index (χ0v) is 14.6. The van der Waals surface area contributed by atoms with E-state index in [2.05, 4.69) is 28.5 Å². The Hall–Kier alpha value is -2.56. The van der Waals surface area contributed by atoms with Gasteiger partial charge in [0.2, 0.25) is 0 Å². The van der Waals surface area contributed by atoms with Gasteiger partial charge in [-0.25, -0.2) is 5.43 Å². The average Bonchev–Trinajstić information content (AvgIpc) is 2.59. The summed E-state index contributed by atoms with van der Waals surface area (Å²) in [6, 6.07) is 7.47. The number of anilines is 1. The highest BCUT2D eigenvalue weighted by molar-refractivity contribution is 6.01. The van der Waals surface area contributed by atoms with Gasteiger partial charge < -0.3 is 10.1 Å². The molecular formula is C19H25N3O2. The fraction of sp³-hybridized carbons (Fsp3) is 0.368. The van der Waals surface area contributed by atoms with Crippen LogP contribution in [0.4, 0.5) is 5.69 Å². The van der Waals surface area contributed by atoms with Crippen molar-refractivity contribution in [1.82, 2.24) is 5.43 Å². The van der Waals surface area contributed by atoms with E-state index in [0.717, 1.165) is 35.4 Å². The number of amides is 1. The van der Waals surface area contributed by atoms with Crippen LogP contribution in [0.2, 0.25) is 0 Å². The highest BCUT2D eigenvalue weighted by atomic mass is 16.5. The van der Waals surface area contributed by atoms with Crippen molar-refractivity contribution in [2.45, 2.75) is 26.7 Å². The van der Waals surface area contributed by atoms with E-state index in [1.807, 2.05) is 38.1 Å². The molecule has 0 aliphatic heterocycles. The Kier molecular flexibility index (Phi) is 6.18. The fourth-order valence-corrected chi connectivity index (χ4v) is 2.56. The topological polar surface area (TPSA) is 62.7 Å². The van der Waals surface area contributed by atoms with Gasteiger partial charge in [0.25, 0.3) is 5.91 Å². The maximum Gasteiger partial charge on any atom is 0.259 e. The molecule has 0 saturated carbocycles. The van der Waals surface area contributed by atoms with Crippen molar-refractivity contribution >= 4 is 17.3 Å². The molecule has 128 valence electrons. The lowest BCUT2D eigenvalue weighted by molar-refractivity contribution is -0.119. The van der Waals surface area contributed by atoms with Gasteiger partial charge in [0, 0.05) is 0 Å². The lowest BCUT2D eigenvalue weighted by atomic mass is 9.85. The Bertz CT molecular complexity index is 677. The van der Waals surface area contributed by atoms with E-state index >= 15 is 0 Å². The van der Waals surface area contributed by atoms with Gasteiger partial charge in [-0.1, -0.05) is 30.4 Å². The van der Waals surface area contributed by atoms with E-state index in [-0.39, 0.29) is 12.5 Å². The zero-order valence-electron chi connectivity index (χ0n) is 14.6. The van der Waals surface area contributed by atoms with E-state index in [1.165, 1.54) is 0 Å². The van der Waals surface area contributed by atoms with Crippen molar-refractivity contribution in [3.05, 3.63) is 48.1 Å². The van der Waals surface area contributed by atoms with Gasteiger partial charge in [0.05, 0.1) is 25.1 Å². The van der Waals surface area contributed by atoms with Gasteiger partial charge in [0.1, 0.15) is 5.75 Å². The van der Waals surface area contributed by atoms with Crippen LogP contribution in [0, 0.1) is 5.92 Å². The number of rotatable bonds is 6. The predicted molar refractivity (Wildman–Crippen MR) is 98.4 cm³/mol. The molecular weight excluding hydrogens is 302 g/mol. The number of carbonyl (C=O) groups excluding carboxylic acids is 1. The Balaban J connectivity index is 1.91. The van der Waals surface area contributed by atoms with Gasteiger partial charge in [0.15, 0.2) is 0 Å². The molecule has 2 N–H and O–H groups in total. The summed E-state index contributed by atoms with van der Waals surface area (Å²) in [6.07, 6.45) is 3.96. The molecule has 0 heterocycles. The Morgan fingerprint density at radius 2 is 2.17 bits per heavy atom. The molecule has 1 aromatic rings. The van der Waals surface area contributed by atoms with Crippen LogP contribution in [-0.4, -0.2) is 25.3 Å². The van der Waals surface area contributed by atoms with Crippen LogP contribution in [0.3, 0.4) is 0 Å². The maximum absolute atomic E-state index is 12.0. The Labute approximate surface area is 143 Å². The number of para-hydroxylation sites is 2. The lowest BCUT2D eigenvalue weighted by Gasteiger charge is -2.22. The van der Waals surface area contributed by atoms with Gasteiger partial charge in [-0.2, -0.15) is 5.10 Å². The highest BCUT2D eigenvalue weighted by Gasteiger charge is 2.18. The monoisotopic (exact) mass is 327 g/mol. The smallest absolute Gasteiger partial charge is 0.259 e. The van der Waals surface area contributed by atoms with Gasteiger partial charge in [-0.05, 0) is 50.3 Å². The first-order valence-corrected chi connectivity index (χ1v) is 8.06. The van der Waals surface area contributed by atoms with E-state index in [1.54, 1.807) is 7.11 Å². The molecule has 0 unspecified atom stereocenters. The molecule has 2 rings (SSSR count). The molecule has 1 aliphatic carbocycles. The molecule has 5 heteroatoms. The molecule has 0 radical (unpaired) electrons. The average molecular weight is 327 g/mol. The summed E-state index contributed by atoms with van der Waals surface area (Å²) >= 11 is 0. The molecule has 0 spiro atoms. The van der Waals surface area contributed by atoms with Crippen LogP contribution in [-0.2, 0) is 4.79 Å². The van der Waals surface area contributed by atoms with Crippen molar-refractivity contribution < 1.29 is 9.53 Å². The third-order valence-electron chi connectivity index (χ3n) is 4.16. The van der Waals surface area contributed by atoms with E-state index in [9.17, 15) is 4.79 Å². The van der Waals surface area contributed by atoms with Crippen LogP contribution in [0.5, 0.6) is 5.75 Å². The summed E-state index contributed by atoms with van der Waals surface area (Å²) in [5.41, 5.74) is 6.58. The van der Waals surface area contributed by atoms with Gasteiger partial charge in [-0.3, -0.25) is 4.79 Å².